The first-order valence-electron chi connectivity index (χ1n) is 6.66. The van der Waals surface area contributed by atoms with Crippen LogP contribution in [-0.2, 0) is 18.9 Å². The zero-order valence-corrected chi connectivity index (χ0v) is 11.5. The van der Waals surface area contributed by atoms with Crippen molar-refractivity contribution in [2.75, 3.05) is 19.8 Å². The van der Waals surface area contributed by atoms with E-state index in [1.54, 1.807) is 6.92 Å². The monoisotopic (exact) mass is 271 g/mol. The van der Waals surface area contributed by atoms with Crippen molar-refractivity contribution in [3.8, 4) is 6.07 Å². The Morgan fingerprint density at radius 1 is 1.37 bits per heavy atom. The lowest BCUT2D eigenvalue weighted by Crippen LogP contribution is -2.49. The number of carbonyl (C=O) groups excluding carboxylic acids is 1. The second-order valence-electron chi connectivity index (χ2n) is 4.44. The summed E-state index contributed by atoms with van der Waals surface area (Å²) in [7, 11) is 0. The molecule has 0 radical (unpaired) electrons. The van der Waals surface area contributed by atoms with Crippen molar-refractivity contribution in [3.05, 3.63) is 0 Å². The van der Waals surface area contributed by atoms with Crippen LogP contribution >= 0.6 is 0 Å². The first-order chi connectivity index (χ1) is 9.15. The van der Waals surface area contributed by atoms with Crippen molar-refractivity contribution in [1.82, 2.24) is 0 Å². The number of hydrogen-bond acceptors (Lipinski definition) is 6. The number of carbonyl (C=O) groups is 1. The third-order valence-corrected chi connectivity index (χ3v) is 2.79. The van der Waals surface area contributed by atoms with Gasteiger partial charge in [0.05, 0.1) is 6.61 Å². The Morgan fingerprint density at radius 3 is 2.58 bits per heavy atom. The molecule has 0 aromatic carbocycles. The van der Waals surface area contributed by atoms with Crippen LogP contribution < -0.4 is 0 Å². The van der Waals surface area contributed by atoms with Gasteiger partial charge in [0, 0.05) is 0 Å². The minimum absolute atomic E-state index is 0.0130. The molecule has 0 unspecified atom stereocenters. The zero-order valence-electron chi connectivity index (χ0n) is 11.5. The van der Waals surface area contributed by atoms with Gasteiger partial charge in [-0.3, -0.25) is 0 Å². The summed E-state index contributed by atoms with van der Waals surface area (Å²) >= 11 is 0. The normalized spacial score (nSPS) is 26.5. The molecule has 0 aromatic rings. The number of nitrogens with zero attached hydrogens (tertiary/aromatic N) is 1. The summed E-state index contributed by atoms with van der Waals surface area (Å²) in [6.45, 7) is 4.01. The van der Waals surface area contributed by atoms with Gasteiger partial charge >= 0.3 is 6.16 Å². The Morgan fingerprint density at radius 2 is 2.05 bits per heavy atom. The second kappa shape index (κ2) is 7.97. The molecule has 1 rings (SSSR count). The van der Waals surface area contributed by atoms with Crippen LogP contribution in [0.2, 0.25) is 0 Å². The van der Waals surface area contributed by atoms with E-state index in [-0.39, 0.29) is 26.1 Å². The van der Waals surface area contributed by atoms with Gasteiger partial charge in [0.1, 0.15) is 19.3 Å². The van der Waals surface area contributed by atoms with Crippen LogP contribution in [0, 0.1) is 11.3 Å². The second-order valence-corrected chi connectivity index (χ2v) is 4.44. The smallest absolute Gasteiger partial charge is 0.435 e. The summed E-state index contributed by atoms with van der Waals surface area (Å²) in [4.78, 5) is 11.3. The molecule has 108 valence electrons. The van der Waals surface area contributed by atoms with Crippen LogP contribution in [0.3, 0.4) is 0 Å². The number of rotatable bonds is 6. The topological polar surface area (TPSA) is 77.8 Å². The highest BCUT2D eigenvalue weighted by Crippen LogP contribution is 2.22. The van der Waals surface area contributed by atoms with Gasteiger partial charge in [-0.25, -0.2) is 4.79 Å². The van der Waals surface area contributed by atoms with E-state index in [1.165, 1.54) is 0 Å². The van der Waals surface area contributed by atoms with Gasteiger partial charge in [-0.05, 0) is 19.8 Å². The van der Waals surface area contributed by atoms with E-state index < -0.39 is 11.8 Å². The molecule has 1 saturated heterocycles. The number of unbranched alkanes of at least 4 members (excludes halogenated alkanes) is 2. The predicted octanol–water partition coefficient (Wildman–Crippen LogP) is 2.38. The Kier molecular flexibility index (Phi) is 6.60. The average Bonchev–Trinajstić information content (AvgIpc) is 2.41. The van der Waals surface area contributed by atoms with Crippen LogP contribution in [0.25, 0.3) is 0 Å². The van der Waals surface area contributed by atoms with Crippen LogP contribution in [0.15, 0.2) is 0 Å². The lowest BCUT2D eigenvalue weighted by atomic mass is 10.1. The average molecular weight is 271 g/mol. The summed E-state index contributed by atoms with van der Waals surface area (Å²) in [6.07, 6.45) is 2.85. The fraction of sp³-hybridized carbons (Fsp3) is 0.846. The van der Waals surface area contributed by atoms with Gasteiger partial charge in [0.25, 0.3) is 0 Å². The third kappa shape index (κ3) is 5.05. The maximum absolute atomic E-state index is 11.3. The van der Waals surface area contributed by atoms with Crippen molar-refractivity contribution < 1.29 is 23.7 Å². The van der Waals surface area contributed by atoms with Gasteiger partial charge in [0.15, 0.2) is 6.29 Å². The zero-order chi connectivity index (χ0) is 14.1. The molecule has 0 saturated carbocycles. The molecule has 0 amide bonds. The standard InChI is InChI=1S/C13H21NO5/c1-3-5-6-7-11-17-9-13(8-14,10-18-11)19-12(15)16-4-2/h11H,3-7,9-10H2,1-2H3. The molecule has 6 heteroatoms. The van der Waals surface area contributed by atoms with Gasteiger partial charge in [-0.15, -0.1) is 0 Å². The van der Waals surface area contributed by atoms with E-state index in [0.717, 1.165) is 25.7 Å². The van der Waals surface area contributed by atoms with Crippen LogP contribution in [0.5, 0.6) is 0 Å². The highest BCUT2D eigenvalue weighted by Gasteiger charge is 2.41. The van der Waals surface area contributed by atoms with Crippen LogP contribution in [0.1, 0.15) is 39.5 Å². The summed E-state index contributed by atoms with van der Waals surface area (Å²) < 4.78 is 20.5. The summed E-state index contributed by atoms with van der Waals surface area (Å²) in [6, 6.07) is 1.92. The lowest BCUT2D eigenvalue weighted by molar-refractivity contribution is -0.241. The maximum atomic E-state index is 11.3. The highest BCUT2D eigenvalue weighted by atomic mass is 16.8. The Hall–Kier alpha value is -1.32. The van der Waals surface area contributed by atoms with Gasteiger partial charge in [-0.1, -0.05) is 19.8 Å². The first kappa shape index (κ1) is 15.7. The van der Waals surface area contributed by atoms with Crippen molar-refractivity contribution in [1.29, 1.82) is 5.26 Å². The molecule has 0 bridgehead atoms. The van der Waals surface area contributed by atoms with E-state index in [9.17, 15) is 4.79 Å². The number of hydrogen-bond donors (Lipinski definition) is 0. The maximum Gasteiger partial charge on any atom is 0.510 e. The molecule has 0 aliphatic carbocycles. The van der Waals surface area contributed by atoms with E-state index in [2.05, 4.69) is 11.7 Å². The number of ether oxygens (including phenoxy) is 4. The van der Waals surface area contributed by atoms with E-state index in [0.29, 0.717) is 0 Å². The molecule has 1 aliphatic heterocycles. The summed E-state index contributed by atoms with van der Waals surface area (Å²) in [5.41, 5.74) is -1.40. The molecule has 0 spiro atoms. The van der Waals surface area contributed by atoms with E-state index >= 15 is 0 Å². The molecular weight excluding hydrogens is 250 g/mol. The molecular formula is C13H21NO5. The summed E-state index contributed by atoms with van der Waals surface area (Å²) in [5, 5.41) is 9.12. The third-order valence-electron chi connectivity index (χ3n) is 2.79. The van der Waals surface area contributed by atoms with Crippen LogP contribution in [0.4, 0.5) is 4.79 Å². The highest BCUT2D eigenvalue weighted by molar-refractivity contribution is 5.61. The molecule has 0 N–H and O–H groups in total. The minimum atomic E-state index is -1.40. The van der Waals surface area contributed by atoms with Gasteiger partial charge in [-0.2, -0.15) is 5.26 Å². The molecule has 6 nitrogen and oxygen atoms in total. The molecule has 0 aromatic heterocycles. The molecule has 1 aliphatic rings. The Bertz CT molecular complexity index is 317. The van der Waals surface area contributed by atoms with Crippen LogP contribution in [-0.4, -0.2) is 37.9 Å². The number of nitriles is 1. The van der Waals surface area contributed by atoms with E-state index in [4.69, 9.17) is 19.5 Å². The molecule has 1 fully saturated rings. The van der Waals surface area contributed by atoms with Crippen molar-refractivity contribution in [2.45, 2.75) is 51.4 Å². The minimum Gasteiger partial charge on any atom is -0.435 e. The molecule has 0 atom stereocenters. The predicted molar refractivity (Wildman–Crippen MR) is 66.3 cm³/mol. The Balaban J connectivity index is 2.39. The molecule has 19 heavy (non-hydrogen) atoms. The van der Waals surface area contributed by atoms with Gasteiger partial charge in [0.2, 0.25) is 5.60 Å². The molecule has 1 heterocycles. The first-order valence-corrected chi connectivity index (χ1v) is 6.66. The van der Waals surface area contributed by atoms with Gasteiger partial charge < -0.3 is 18.9 Å². The summed E-state index contributed by atoms with van der Waals surface area (Å²) in [5.74, 6) is 0. The largest absolute Gasteiger partial charge is 0.510 e. The van der Waals surface area contributed by atoms with Crippen molar-refractivity contribution >= 4 is 6.16 Å². The van der Waals surface area contributed by atoms with Crippen molar-refractivity contribution in [2.24, 2.45) is 0 Å². The lowest BCUT2D eigenvalue weighted by Gasteiger charge is -2.34. The van der Waals surface area contributed by atoms with E-state index in [1.807, 2.05) is 6.07 Å². The Labute approximate surface area is 113 Å². The quantitative estimate of drug-likeness (QED) is 0.545. The SMILES string of the molecule is CCCCCC1OCC(C#N)(OC(=O)OCC)CO1. The van der Waals surface area contributed by atoms with Crippen molar-refractivity contribution in [3.63, 3.8) is 0 Å². The fourth-order valence-corrected chi connectivity index (χ4v) is 1.73. The fourth-order valence-electron chi connectivity index (χ4n) is 1.73.